The minimum atomic E-state index is -3.80. The summed E-state index contributed by atoms with van der Waals surface area (Å²) in [6.45, 7) is 3.82. The van der Waals surface area contributed by atoms with Gasteiger partial charge in [0, 0.05) is 10.6 Å². The van der Waals surface area contributed by atoms with Gasteiger partial charge in [0.2, 0.25) is 0 Å². The molecule has 0 aliphatic rings. The second-order valence-electron chi connectivity index (χ2n) is 6.91. The zero-order chi connectivity index (χ0) is 21.9. The number of hydrogen-bond donors (Lipinski definition) is 3. The van der Waals surface area contributed by atoms with Crippen LogP contribution < -0.4 is 10.0 Å². The van der Waals surface area contributed by atoms with E-state index >= 15 is 0 Å². The molecule has 1 heterocycles. The Balaban J connectivity index is 1.80. The van der Waals surface area contributed by atoms with Crippen LogP contribution in [0, 0.1) is 5.92 Å². The molecule has 7 nitrogen and oxygen atoms in total. The van der Waals surface area contributed by atoms with Crippen LogP contribution in [0.25, 0.3) is 10.2 Å². The second kappa shape index (κ2) is 9.30. The molecule has 3 rings (SSSR count). The number of benzene rings is 2. The van der Waals surface area contributed by atoms with Gasteiger partial charge in [0.15, 0.2) is 5.13 Å². The van der Waals surface area contributed by atoms with Gasteiger partial charge in [-0.25, -0.2) is 13.4 Å². The second-order valence-corrected chi connectivity index (χ2v) is 10.1. The first-order valence-corrected chi connectivity index (χ1v) is 12.0. The van der Waals surface area contributed by atoms with Gasteiger partial charge in [-0.3, -0.25) is 9.52 Å². The normalized spacial score (nSPS) is 13.7. The van der Waals surface area contributed by atoms with Crippen LogP contribution in [0.1, 0.15) is 30.6 Å². The molecule has 0 saturated heterocycles. The molecule has 0 unspecified atom stereocenters. The van der Waals surface area contributed by atoms with E-state index < -0.39 is 10.0 Å². The summed E-state index contributed by atoms with van der Waals surface area (Å²) < 4.78 is 28.2. The van der Waals surface area contributed by atoms with Crippen LogP contribution in [0.5, 0.6) is 0 Å². The molecule has 0 saturated carbocycles. The fourth-order valence-electron chi connectivity index (χ4n) is 2.80. The first-order chi connectivity index (χ1) is 14.2. The van der Waals surface area contributed by atoms with Crippen molar-refractivity contribution >= 4 is 54.2 Å². The molecular formula is C20H22ClN3O4S2. The van der Waals surface area contributed by atoms with E-state index in [0.29, 0.717) is 20.8 Å². The molecule has 0 radical (unpaired) electrons. The molecule has 3 N–H and O–H groups in total. The van der Waals surface area contributed by atoms with Crippen molar-refractivity contribution < 1.29 is 18.3 Å². The van der Waals surface area contributed by atoms with E-state index in [9.17, 15) is 18.3 Å². The molecule has 1 amide bonds. The summed E-state index contributed by atoms with van der Waals surface area (Å²) in [5, 5.41) is 13.0. The molecule has 0 fully saturated rings. The van der Waals surface area contributed by atoms with Gasteiger partial charge in [0.05, 0.1) is 27.8 Å². The van der Waals surface area contributed by atoms with E-state index in [2.05, 4.69) is 15.0 Å². The Morgan fingerprint density at radius 1 is 1.23 bits per heavy atom. The van der Waals surface area contributed by atoms with Crippen LogP contribution in [0.2, 0.25) is 5.02 Å². The Bertz CT molecular complexity index is 1150. The lowest BCUT2D eigenvalue weighted by Gasteiger charge is -2.22. The number of sulfonamides is 1. The fraction of sp³-hybridized carbons (Fsp3) is 0.300. The molecule has 30 heavy (non-hydrogen) atoms. The number of rotatable bonds is 8. The monoisotopic (exact) mass is 467 g/mol. The minimum Gasteiger partial charge on any atom is -0.394 e. The third-order valence-corrected chi connectivity index (χ3v) is 7.51. The van der Waals surface area contributed by atoms with E-state index in [1.807, 2.05) is 13.8 Å². The number of amides is 1. The predicted molar refractivity (Wildman–Crippen MR) is 120 cm³/mol. The highest BCUT2D eigenvalue weighted by atomic mass is 35.5. The number of anilines is 1. The van der Waals surface area contributed by atoms with Gasteiger partial charge in [0.1, 0.15) is 0 Å². The van der Waals surface area contributed by atoms with E-state index in [4.69, 9.17) is 11.6 Å². The number of aromatic nitrogens is 1. The number of thiazole rings is 1. The summed E-state index contributed by atoms with van der Waals surface area (Å²) in [6.07, 6.45) is 0.830. The van der Waals surface area contributed by atoms with E-state index in [0.717, 1.165) is 17.8 Å². The number of carbonyl (C=O) groups is 1. The lowest BCUT2D eigenvalue weighted by atomic mass is 9.99. The van der Waals surface area contributed by atoms with E-state index in [1.54, 1.807) is 18.2 Å². The lowest BCUT2D eigenvalue weighted by Crippen LogP contribution is -2.41. The van der Waals surface area contributed by atoms with Crippen molar-refractivity contribution in [2.75, 3.05) is 11.3 Å². The Hall–Kier alpha value is -2.20. The molecule has 2 aromatic carbocycles. The number of halogens is 1. The number of nitrogens with zero attached hydrogens (tertiary/aromatic N) is 1. The summed E-state index contributed by atoms with van der Waals surface area (Å²) in [4.78, 5) is 16.9. The Kier molecular flexibility index (Phi) is 6.97. The first kappa shape index (κ1) is 22.5. The fourth-order valence-corrected chi connectivity index (χ4v) is 5.07. The average molecular weight is 468 g/mol. The SMILES string of the molecule is CC[C@@H](C)[C@H](CO)NC(=O)c1ccc2nc(NS(=O)(=O)c3ccc(Cl)cc3)sc2c1. The van der Waals surface area contributed by atoms with E-state index in [-0.39, 0.29) is 34.5 Å². The Morgan fingerprint density at radius 2 is 1.93 bits per heavy atom. The maximum Gasteiger partial charge on any atom is 0.263 e. The van der Waals surface area contributed by atoms with Crippen LogP contribution in [0.3, 0.4) is 0 Å². The quantitative estimate of drug-likeness (QED) is 0.465. The van der Waals surface area contributed by atoms with Crippen LogP contribution in [0.15, 0.2) is 47.4 Å². The van der Waals surface area contributed by atoms with Crippen molar-refractivity contribution in [1.82, 2.24) is 10.3 Å². The predicted octanol–water partition coefficient (Wildman–Crippen LogP) is 3.89. The van der Waals surface area contributed by atoms with Gasteiger partial charge in [-0.1, -0.05) is 43.2 Å². The molecular weight excluding hydrogens is 446 g/mol. The maximum absolute atomic E-state index is 12.6. The first-order valence-electron chi connectivity index (χ1n) is 9.34. The molecule has 2 atom stereocenters. The van der Waals surface area contributed by atoms with Crippen LogP contribution in [-0.2, 0) is 10.0 Å². The summed E-state index contributed by atoms with van der Waals surface area (Å²) in [5.41, 5.74) is 0.992. The minimum absolute atomic E-state index is 0.0753. The lowest BCUT2D eigenvalue weighted by molar-refractivity contribution is 0.0891. The zero-order valence-corrected chi connectivity index (χ0v) is 18.8. The summed E-state index contributed by atoms with van der Waals surface area (Å²) in [7, 11) is -3.80. The van der Waals surface area contributed by atoms with Gasteiger partial charge in [-0.2, -0.15) is 0 Å². The number of nitrogens with one attached hydrogen (secondary N) is 2. The number of aliphatic hydroxyl groups excluding tert-OH is 1. The van der Waals surface area contributed by atoms with Crippen molar-refractivity contribution in [1.29, 1.82) is 0 Å². The molecule has 1 aromatic heterocycles. The molecule has 0 aliphatic carbocycles. The van der Waals surface area contributed by atoms with Crippen LogP contribution in [-0.4, -0.2) is 37.1 Å². The molecule has 0 bridgehead atoms. The highest BCUT2D eigenvalue weighted by molar-refractivity contribution is 7.93. The Labute approximate surface area is 184 Å². The van der Waals surface area contributed by atoms with Gasteiger partial charge in [-0.05, 0) is 48.4 Å². The third-order valence-electron chi connectivity index (χ3n) is 4.84. The standard InChI is InChI=1S/C20H22ClN3O4S2/c1-3-12(2)17(11-25)22-19(26)13-4-9-16-18(10-13)29-20(23-16)24-30(27,28)15-7-5-14(21)6-8-15/h4-10,12,17,25H,3,11H2,1-2H3,(H,22,26)(H,23,24)/t12-,17+/m1/s1. The molecule has 0 aliphatic heterocycles. The number of hydrogen-bond acceptors (Lipinski definition) is 6. The zero-order valence-electron chi connectivity index (χ0n) is 16.4. The Morgan fingerprint density at radius 3 is 2.57 bits per heavy atom. The van der Waals surface area contributed by atoms with Crippen molar-refractivity contribution in [3.63, 3.8) is 0 Å². The van der Waals surface area contributed by atoms with Crippen molar-refractivity contribution in [2.24, 2.45) is 5.92 Å². The molecule has 0 spiro atoms. The van der Waals surface area contributed by atoms with Gasteiger partial charge >= 0.3 is 0 Å². The van der Waals surface area contributed by atoms with Gasteiger partial charge in [0.25, 0.3) is 15.9 Å². The number of carbonyl (C=O) groups excluding carboxylic acids is 1. The van der Waals surface area contributed by atoms with E-state index in [1.165, 1.54) is 24.3 Å². The number of aliphatic hydroxyl groups is 1. The summed E-state index contributed by atoms with van der Waals surface area (Å²) in [6, 6.07) is 10.4. The van der Waals surface area contributed by atoms with Crippen LogP contribution >= 0.6 is 22.9 Å². The van der Waals surface area contributed by atoms with Crippen LogP contribution in [0.4, 0.5) is 5.13 Å². The average Bonchev–Trinajstić information content (AvgIpc) is 3.12. The molecule has 160 valence electrons. The smallest absolute Gasteiger partial charge is 0.263 e. The summed E-state index contributed by atoms with van der Waals surface area (Å²) >= 11 is 6.94. The van der Waals surface area contributed by atoms with Crippen molar-refractivity contribution in [2.45, 2.75) is 31.2 Å². The highest BCUT2D eigenvalue weighted by Crippen LogP contribution is 2.29. The molecule has 10 heteroatoms. The molecule has 3 aromatic rings. The maximum atomic E-state index is 12.6. The summed E-state index contributed by atoms with van der Waals surface area (Å²) in [5.74, 6) is -0.159. The highest BCUT2D eigenvalue weighted by Gasteiger charge is 2.20. The van der Waals surface area contributed by atoms with Crippen molar-refractivity contribution in [3.8, 4) is 0 Å². The van der Waals surface area contributed by atoms with Crippen molar-refractivity contribution in [3.05, 3.63) is 53.1 Å². The third kappa shape index (κ3) is 5.10. The van der Waals surface area contributed by atoms with Gasteiger partial charge in [-0.15, -0.1) is 0 Å². The number of fused-ring (bicyclic) bond motifs is 1. The topological polar surface area (TPSA) is 108 Å². The largest absolute Gasteiger partial charge is 0.394 e. The van der Waals surface area contributed by atoms with Gasteiger partial charge < -0.3 is 10.4 Å².